The maximum Gasteiger partial charge on any atom is 0.124 e. The van der Waals surface area contributed by atoms with Gasteiger partial charge < -0.3 is 10.3 Å². The minimum absolute atomic E-state index is 0.153. The van der Waals surface area contributed by atoms with Crippen LogP contribution in [0.15, 0.2) is 23.4 Å². The van der Waals surface area contributed by atoms with Gasteiger partial charge >= 0.3 is 0 Å². The van der Waals surface area contributed by atoms with Crippen molar-refractivity contribution in [3.8, 4) is 5.75 Å². The lowest BCUT2D eigenvalue weighted by molar-refractivity contribution is 0.318. The van der Waals surface area contributed by atoms with E-state index in [1.165, 1.54) is 0 Å². The fraction of sp³-hybridized carbons (Fsp3) is 0.300. The Kier molecular flexibility index (Phi) is 2.90. The zero-order valence-corrected chi connectivity index (χ0v) is 7.78. The minimum atomic E-state index is 0.153. The monoisotopic (exact) mass is 179 g/mol. The Labute approximate surface area is 77.3 Å². The molecule has 0 atom stereocenters. The van der Waals surface area contributed by atoms with Crippen LogP contribution in [0.2, 0.25) is 0 Å². The molecule has 0 aliphatic carbocycles. The van der Waals surface area contributed by atoms with Crippen LogP contribution < -0.4 is 0 Å². The molecular formula is C10H13NO2. The van der Waals surface area contributed by atoms with E-state index in [1.54, 1.807) is 12.1 Å². The molecule has 0 aliphatic heterocycles. The number of aryl methyl sites for hydroxylation is 1. The molecule has 0 unspecified atom stereocenters. The fourth-order valence-corrected chi connectivity index (χ4v) is 1.20. The third kappa shape index (κ3) is 1.99. The molecule has 1 rings (SSSR count). The van der Waals surface area contributed by atoms with Crippen LogP contribution >= 0.6 is 0 Å². The summed E-state index contributed by atoms with van der Waals surface area (Å²) in [5, 5.41) is 21.3. The number of nitrogens with zero attached hydrogens (tertiary/aromatic N) is 1. The first-order valence-corrected chi connectivity index (χ1v) is 4.20. The number of phenols is 1. The Morgan fingerprint density at radius 1 is 1.46 bits per heavy atom. The van der Waals surface area contributed by atoms with Crippen molar-refractivity contribution in [3.63, 3.8) is 0 Å². The summed E-state index contributed by atoms with van der Waals surface area (Å²) in [7, 11) is 0. The lowest BCUT2D eigenvalue weighted by Crippen LogP contribution is -1.99. The van der Waals surface area contributed by atoms with Crippen molar-refractivity contribution in [1.29, 1.82) is 0 Å². The van der Waals surface area contributed by atoms with E-state index in [9.17, 15) is 5.11 Å². The molecule has 13 heavy (non-hydrogen) atoms. The third-order valence-electron chi connectivity index (χ3n) is 1.92. The zero-order valence-electron chi connectivity index (χ0n) is 7.78. The molecule has 0 fully saturated rings. The number of oxime groups is 1. The Balaban J connectivity index is 3.19. The van der Waals surface area contributed by atoms with Gasteiger partial charge in [0.15, 0.2) is 0 Å². The minimum Gasteiger partial charge on any atom is -0.507 e. The summed E-state index contributed by atoms with van der Waals surface area (Å²) in [5.74, 6) is 0.153. The molecule has 3 heteroatoms. The molecule has 0 aliphatic rings. The number of hydrogen-bond donors (Lipinski definition) is 2. The number of hydrogen-bond acceptors (Lipinski definition) is 3. The molecule has 2 N–H and O–H groups in total. The van der Waals surface area contributed by atoms with Gasteiger partial charge in [0.05, 0.1) is 5.71 Å². The Hall–Kier alpha value is -1.51. The highest BCUT2D eigenvalue weighted by molar-refractivity contribution is 6.02. The zero-order chi connectivity index (χ0) is 9.84. The molecule has 1 aromatic rings. The van der Waals surface area contributed by atoms with E-state index in [-0.39, 0.29) is 5.75 Å². The molecule has 0 saturated carbocycles. The fourth-order valence-electron chi connectivity index (χ4n) is 1.20. The Morgan fingerprint density at radius 2 is 2.15 bits per heavy atom. The highest BCUT2D eigenvalue weighted by atomic mass is 16.4. The van der Waals surface area contributed by atoms with Crippen molar-refractivity contribution < 1.29 is 10.3 Å². The average Bonchev–Trinajstić information content (AvgIpc) is 2.13. The van der Waals surface area contributed by atoms with Crippen LogP contribution in [-0.2, 0) is 0 Å². The van der Waals surface area contributed by atoms with Gasteiger partial charge in [0.2, 0.25) is 0 Å². The van der Waals surface area contributed by atoms with Gasteiger partial charge in [-0.15, -0.1) is 0 Å². The van der Waals surface area contributed by atoms with E-state index < -0.39 is 0 Å². The van der Waals surface area contributed by atoms with Crippen LogP contribution in [0.5, 0.6) is 5.75 Å². The molecule has 70 valence electrons. The van der Waals surface area contributed by atoms with Crippen molar-refractivity contribution in [1.82, 2.24) is 0 Å². The standard InChI is InChI=1S/C10H13NO2/c1-3-9(11-13)8-6-7(2)4-5-10(8)12/h4-6,12-13H,3H2,1-2H3. The van der Waals surface area contributed by atoms with Gasteiger partial charge in [-0.05, 0) is 25.5 Å². The van der Waals surface area contributed by atoms with E-state index in [0.29, 0.717) is 17.7 Å². The first kappa shape index (κ1) is 9.58. The van der Waals surface area contributed by atoms with E-state index in [2.05, 4.69) is 5.16 Å². The van der Waals surface area contributed by atoms with Crippen LogP contribution in [0.3, 0.4) is 0 Å². The van der Waals surface area contributed by atoms with Crippen LogP contribution in [0.1, 0.15) is 24.5 Å². The average molecular weight is 179 g/mol. The predicted octanol–water partition coefficient (Wildman–Crippen LogP) is 2.29. The molecule has 0 radical (unpaired) electrons. The second-order valence-corrected chi connectivity index (χ2v) is 2.92. The molecule has 1 aromatic carbocycles. The summed E-state index contributed by atoms with van der Waals surface area (Å²) < 4.78 is 0. The van der Waals surface area contributed by atoms with Crippen LogP contribution in [0, 0.1) is 6.92 Å². The van der Waals surface area contributed by atoms with Crippen molar-refractivity contribution >= 4 is 5.71 Å². The van der Waals surface area contributed by atoms with Gasteiger partial charge in [-0.25, -0.2) is 0 Å². The van der Waals surface area contributed by atoms with Crippen molar-refractivity contribution in [2.24, 2.45) is 5.16 Å². The quantitative estimate of drug-likeness (QED) is 0.415. The van der Waals surface area contributed by atoms with Crippen molar-refractivity contribution in [3.05, 3.63) is 29.3 Å². The number of rotatable bonds is 2. The summed E-state index contributed by atoms with van der Waals surface area (Å²) in [4.78, 5) is 0. The molecule has 0 bridgehead atoms. The molecule has 0 saturated heterocycles. The van der Waals surface area contributed by atoms with Gasteiger partial charge in [0, 0.05) is 5.56 Å². The molecule has 0 amide bonds. The first-order valence-electron chi connectivity index (χ1n) is 4.20. The highest BCUT2D eigenvalue weighted by Crippen LogP contribution is 2.20. The highest BCUT2D eigenvalue weighted by Gasteiger charge is 2.07. The molecule has 0 heterocycles. The second kappa shape index (κ2) is 3.94. The second-order valence-electron chi connectivity index (χ2n) is 2.92. The predicted molar refractivity (Wildman–Crippen MR) is 51.5 cm³/mol. The van der Waals surface area contributed by atoms with E-state index in [1.807, 2.05) is 19.9 Å². The maximum absolute atomic E-state index is 9.48. The summed E-state index contributed by atoms with van der Waals surface area (Å²) in [6.45, 7) is 3.80. The van der Waals surface area contributed by atoms with E-state index >= 15 is 0 Å². The van der Waals surface area contributed by atoms with Gasteiger partial charge in [0.25, 0.3) is 0 Å². The SMILES string of the molecule is CCC(=NO)c1cc(C)ccc1O. The van der Waals surface area contributed by atoms with Gasteiger partial charge in [-0.1, -0.05) is 23.7 Å². The topological polar surface area (TPSA) is 52.8 Å². The molecule has 0 aromatic heterocycles. The van der Waals surface area contributed by atoms with E-state index in [0.717, 1.165) is 5.56 Å². The van der Waals surface area contributed by atoms with Crippen LogP contribution in [0.4, 0.5) is 0 Å². The van der Waals surface area contributed by atoms with Crippen LogP contribution in [0.25, 0.3) is 0 Å². The molecular weight excluding hydrogens is 166 g/mol. The normalized spacial score (nSPS) is 11.7. The summed E-state index contributed by atoms with van der Waals surface area (Å²) in [5.41, 5.74) is 2.13. The van der Waals surface area contributed by atoms with Crippen molar-refractivity contribution in [2.45, 2.75) is 20.3 Å². The van der Waals surface area contributed by atoms with Crippen LogP contribution in [-0.4, -0.2) is 16.0 Å². The lowest BCUT2D eigenvalue weighted by Gasteiger charge is -2.05. The van der Waals surface area contributed by atoms with Crippen molar-refractivity contribution in [2.75, 3.05) is 0 Å². The Bertz CT molecular complexity index is 332. The first-order chi connectivity index (χ1) is 6.19. The van der Waals surface area contributed by atoms with Gasteiger partial charge in [0.1, 0.15) is 5.75 Å². The molecule has 0 spiro atoms. The number of benzene rings is 1. The number of phenolic OH excluding ortho intramolecular Hbond substituents is 1. The summed E-state index contributed by atoms with van der Waals surface area (Å²) >= 11 is 0. The van der Waals surface area contributed by atoms with Gasteiger partial charge in [-0.3, -0.25) is 0 Å². The maximum atomic E-state index is 9.48. The van der Waals surface area contributed by atoms with E-state index in [4.69, 9.17) is 5.21 Å². The molecule has 3 nitrogen and oxygen atoms in total. The number of aromatic hydroxyl groups is 1. The smallest absolute Gasteiger partial charge is 0.124 e. The Morgan fingerprint density at radius 3 is 2.69 bits per heavy atom. The third-order valence-corrected chi connectivity index (χ3v) is 1.92. The lowest BCUT2D eigenvalue weighted by atomic mass is 10.0. The summed E-state index contributed by atoms with van der Waals surface area (Å²) in [6.07, 6.45) is 0.591. The largest absolute Gasteiger partial charge is 0.507 e. The summed E-state index contributed by atoms with van der Waals surface area (Å²) in [6, 6.07) is 5.21. The van der Waals surface area contributed by atoms with Gasteiger partial charge in [-0.2, -0.15) is 0 Å².